The maximum absolute atomic E-state index is 4.87. The van der Waals surface area contributed by atoms with Crippen LogP contribution < -0.4 is 10.6 Å². The van der Waals surface area contributed by atoms with Gasteiger partial charge < -0.3 is 15.2 Å². The molecule has 5 rings (SSSR count). The third-order valence-electron chi connectivity index (χ3n) is 6.33. The largest absolute Gasteiger partial charge is 0.364 e. The van der Waals surface area contributed by atoms with Crippen LogP contribution >= 0.6 is 0 Å². The van der Waals surface area contributed by atoms with E-state index in [1.165, 1.54) is 5.56 Å². The molecule has 176 valence electrons. The number of hydrogen-bond donors (Lipinski definition) is 2. The van der Waals surface area contributed by atoms with Crippen molar-refractivity contribution < 1.29 is 0 Å². The van der Waals surface area contributed by atoms with Crippen molar-refractivity contribution in [1.29, 1.82) is 0 Å². The summed E-state index contributed by atoms with van der Waals surface area (Å²) in [6.07, 6.45) is 7.63. The average molecular weight is 457 g/mol. The predicted molar refractivity (Wildman–Crippen MR) is 136 cm³/mol. The lowest BCUT2D eigenvalue weighted by molar-refractivity contribution is 0.211. The van der Waals surface area contributed by atoms with E-state index in [4.69, 9.17) is 9.97 Å². The van der Waals surface area contributed by atoms with Crippen LogP contribution in [0.3, 0.4) is 0 Å². The fourth-order valence-corrected chi connectivity index (χ4v) is 4.43. The van der Waals surface area contributed by atoms with Gasteiger partial charge in [0.05, 0.1) is 6.33 Å². The summed E-state index contributed by atoms with van der Waals surface area (Å²) in [5.74, 6) is 1.40. The molecule has 0 bridgehead atoms. The summed E-state index contributed by atoms with van der Waals surface area (Å²) in [5, 5.41) is 7.06. The van der Waals surface area contributed by atoms with Gasteiger partial charge in [-0.15, -0.1) is 0 Å². The fourth-order valence-electron chi connectivity index (χ4n) is 4.43. The van der Waals surface area contributed by atoms with Crippen molar-refractivity contribution in [3.63, 3.8) is 0 Å². The fraction of sp³-hybridized carbons (Fsp3) is 0.385. The second-order valence-electron chi connectivity index (χ2n) is 9.21. The van der Waals surface area contributed by atoms with Crippen LogP contribution in [0.4, 0.5) is 11.8 Å². The van der Waals surface area contributed by atoms with Gasteiger partial charge in [0, 0.05) is 50.7 Å². The number of pyridine rings is 1. The molecule has 1 aromatic carbocycles. The van der Waals surface area contributed by atoms with Crippen LogP contribution in [0.2, 0.25) is 0 Å². The van der Waals surface area contributed by atoms with Crippen LogP contribution in [0.25, 0.3) is 11.2 Å². The Labute approximate surface area is 200 Å². The highest BCUT2D eigenvalue weighted by molar-refractivity contribution is 5.84. The first-order valence-electron chi connectivity index (χ1n) is 12.1. The van der Waals surface area contributed by atoms with Crippen LogP contribution in [0.1, 0.15) is 43.9 Å². The number of hydrogen-bond acceptors (Lipinski definition) is 7. The molecule has 0 saturated carbocycles. The molecule has 0 spiro atoms. The zero-order valence-electron chi connectivity index (χ0n) is 19.9. The van der Waals surface area contributed by atoms with Crippen molar-refractivity contribution in [2.24, 2.45) is 0 Å². The van der Waals surface area contributed by atoms with Crippen LogP contribution in [-0.2, 0) is 13.1 Å². The van der Waals surface area contributed by atoms with Gasteiger partial charge in [0.25, 0.3) is 0 Å². The number of piperidine rings is 1. The van der Waals surface area contributed by atoms with Crippen molar-refractivity contribution in [1.82, 2.24) is 29.4 Å². The van der Waals surface area contributed by atoms with Crippen LogP contribution in [0.15, 0.2) is 61.2 Å². The number of benzene rings is 1. The molecule has 1 aliphatic heterocycles. The van der Waals surface area contributed by atoms with Gasteiger partial charge in [-0.2, -0.15) is 9.97 Å². The molecule has 1 aliphatic rings. The van der Waals surface area contributed by atoms with Gasteiger partial charge in [-0.25, -0.2) is 4.98 Å². The average Bonchev–Trinajstić information content (AvgIpc) is 3.30. The van der Waals surface area contributed by atoms with E-state index in [9.17, 15) is 0 Å². The lowest BCUT2D eigenvalue weighted by atomic mass is 10.0. The third kappa shape index (κ3) is 5.17. The zero-order valence-corrected chi connectivity index (χ0v) is 19.9. The summed E-state index contributed by atoms with van der Waals surface area (Å²) >= 11 is 0. The quantitative estimate of drug-likeness (QED) is 0.404. The first-order chi connectivity index (χ1) is 16.7. The maximum atomic E-state index is 4.87. The normalized spacial score (nSPS) is 15.1. The minimum atomic E-state index is 0.264. The summed E-state index contributed by atoms with van der Waals surface area (Å²) in [6.45, 7) is 8.04. The number of nitrogens with zero attached hydrogens (tertiary/aromatic N) is 6. The van der Waals surface area contributed by atoms with Crippen molar-refractivity contribution in [2.75, 3.05) is 23.7 Å². The number of imidazole rings is 1. The van der Waals surface area contributed by atoms with Gasteiger partial charge in [-0.05, 0) is 43.9 Å². The van der Waals surface area contributed by atoms with Crippen molar-refractivity contribution in [2.45, 2.75) is 51.9 Å². The Morgan fingerprint density at radius 2 is 1.79 bits per heavy atom. The predicted octanol–water partition coefficient (Wildman–Crippen LogP) is 4.49. The molecule has 1 saturated heterocycles. The highest BCUT2D eigenvalue weighted by Gasteiger charge is 2.21. The lowest BCUT2D eigenvalue weighted by Gasteiger charge is -2.32. The highest BCUT2D eigenvalue weighted by atomic mass is 15.2. The van der Waals surface area contributed by atoms with E-state index in [2.05, 4.69) is 74.2 Å². The van der Waals surface area contributed by atoms with E-state index < -0.39 is 0 Å². The first kappa shape index (κ1) is 22.3. The van der Waals surface area contributed by atoms with Gasteiger partial charge in [0.2, 0.25) is 5.95 Å². The minimum Gasteiger partial charge on any atom is -0.364 e. The molecule has 0 unspecified atom stereocenters. The summed E-state index contributed by atoms with van der Waals surface area (Å²) < 4.78 is 2.10. The van der Waals surface area contributed by atoms with Crippen LogP contribution in [0.5, 0.6) is 0 Å². The van der Waals surface area contributed by atoms with E-state index in [0.717, 1.165) is 55.0 Å². The topological polar surface area (TPSA) is 83.8 Å². The van der Waals surface area contributed by atoms with Crippen molar-refractivity contribution in [3.8, 4) is 0 Å². The van der Waals surface area contributed by atoms with E-state index in [1.54, 1.807) is 6.20 Å². The van der Waals surface area contributed by atoms with E-state index in [0.29, 0.717) is 18.5 Å². The molecule has 8 nitrogen and oxygen atoms in total. The third-order valence-corrected chi connectivity index (χ3v) is 6.33. The van der Waals surface area contributed by atoms with Crippen molar-refractivity contribution >= 4 is 22.9 Å². The molecule has 0 atom stereocenters. The molecule has 2 N–H and O–H groups in total. The van der Waals surface area contributed by atoms with Gasteiger partial charge in [-0.1, -0.05) is 36.4 Å². The summed E-state index contributed by atoms with van der Waals surface area (Å²) in [6, 6.07) is 15.3. The standard InChI is InChI=1S/C26H32N8/c1-19(2)34-18-29-23-24(28-16-21-9-6-12-27-15-21)31-26(32-25(23)34)30-22-10-13-33(14-11-22)17-20-7-4-3-5-8-20/h3-9,12,15,18-19,22H,10-11,13-14,16-17H2,1-2H3,(H2,28,30,31,32). The van der Waals surface area contributed by atoms with E-state index in [1.807, 2.05) is 24.7 Å². The van der Waals surface area contributed by atoms with Crippen LogP contribution in [0, 0.1) is 0 Å². The smallest absolute Gasteiger partial charge is 0.227 e. The molecule has 1 fully saturated rings. The molecule has 0 aliphatic carbocycles. The Morgan fingerprint density at radius 3 is 2.53 bits per heavy atom. The maximum Gasteiger partial charge on any atom is 0.227 e. The molecule has 4 heterocycles. The first-order valence-corrected chi connectivity index (χ1v) is 12.1. The van der Waals surface area contributed by atoms with Gasteiger partial charge in [-0.3, -0.25) is 9.88 Å². The number of anilines is 2. The highest BCUT2D eigenvalue weighted by Crippen LogP contribution is 2.25. The Balaban J connectivity index is 1.30. The molecule has 8 heteroatoms. The molecular weight excluding hydrogens is 424 g/mol. The van der Waals surface area contributed by atoms with Crippen LogP contribution in [-0.4, -0.2) is 48.5 Å². The molecular formula is C26H32N8. The minimum absolute atomic E-state index is 0.264. The van der Waals surface area contributed by atoms with Gasteiger partial charge in [0.15, 0.2) is 17.0 Å². The van der Waals surface area contributed by atoms with E-state index >= 15 is 0 Å². The Morgan fingerprint density at radius 1 is 1.00 bits per heavy atom. The zero-order chi connectivity index (χ0) is 23.3. The SMILES string of the molecule is CC(C)n1cnc2c(NCc3cccnc3)nc(NC3CCN(Cc4ccccc4)CC3)nc21. The molecule has 34 heavy (non-hydrogen) atoms. The number of aromatic nitrogens is 5. The molecule has 3 aromatic heterocycles. The number of likely N-dealkylation sites (tertiary alicyclic amines) is 1. The molecule has 0 radical (unpaired) electrons. The molecule has 4 aromatic rings. The summed E-state index contributed by atoms with van der Waals surface area (Å²) in [5.41, 5.74) is 4.11. The number of fused-ring (bicyclic) bond motifs is 1. The van der Waals surface area contributed by atoms with Gasteiger partial charge >= 0.3 is 0 Å². The number of nitrogens with one attached hydrogen (secondary N) is 2. The summed E-state index contributed by atoms with van der Waals surface area (Å²) in [7, 11) is 0. The monoisotopic (exact) mass is 456 g/mol. The van der Waals surface area contributed by atoms with Gasteiger partial charge in [0.1, 0.15) is 0 Å². The Bertz CT molecular complexity index is 1200. The second-order valence-corrected chi connectivity index (χ2v) is 9.21. The Kier molecular flexibility index (Phi) is 6.67. The molecule has 0 amide bonds. The second kappa shape index (κ2) is 10.2. The van der Waals surface area contributed by atoms with Crippen molar-refractivity contribution in [3.05, 3.63) is 72.3 Å². The lowest BCUT2D eigenvalue weighted by Crippen LogP contribution is -2.39. The van der Waals surface area contributed by atoms with E-state index in [-0.39, 0.29) is 6.04 Å². The number of rotatable bonds is 8. The Hall–Kier alpha value is -3.52. The summed E-state index contributed by atoms with van der Waals surface area (Å²) in [4.78, 5) is 21.0.